The molecular formula is C22H24N2O. The van der Waals surface area contributed by atoms with Gasteiger partial charge in [-0.05, 0) is 62.4 Å². The first-order valence-corrected chi connectivity index (χ1v) is 9.72. The molecular weight excluding hydrogens is 308 g/mol. The summed E-state index contributed by atoms with van der Waals surface area (Å²) < 4.78 is 6.82. The lowest BCUT2D eigenvalue weighted by Crippen LogP contribution is -2.59. The number of hydrogen-bond acceptors (Lipinski definition) is 3. The predicted octanol–water partition coefficient (Wildman–Crippen LogP) is 4.77. The summed E-state index contributed by atoms with van der Waals surface area (Å²) in [6.45, 7) is 0. The zero-order valence-electron chi connectivity index (χ0n) is 14.7. The maximum absolute atomic E-state index is 6.82. The molecule has 5 aliphatic rings. The Bertz CT molecular complexity index is 877. The third-order valence-corrected chi connectivity index (χ3v) is 7.31. The fourth-order valence-corrected chi connectivity index (χ4v) is 6.20. The summed E-state index contributed by atoms with van der Waals surface area (Å²) in [5, 5.41) is 2.42. The maximum Gasteiger partial charge on any atom is 0.202 e. The van der Waals surface area contributed by atoms with E-state index in [1.807, 2.05) is 0 Å². The van der Waals surface area contributed by atoms with E-state index in [-0.39, 0.29) is 5.72 Å². The second-order valence-electron chi connectivity index (χ2n) is 8.62. The van der Waals surface area contributed by atoms with Crippen molar-refractivity contribution >= 4 is 22.7 Å². The van der Waals surface area contributed by atoms with Gasteiger partial charge in [-0.1, -0.05) is 30.3 Å². The van der Waals surface area contributed by atoms with Crippen molar-refractivity contribution in [2.75, 3.05) is 7.05 Å². The fraction of sp³-hybridized carbons (Fsp3) is 0.500. The van der Waals surface area contributed by atoms with Crippen molar-refractivity contribution in [3.8, 4) is 5.75 Å². The lowest BCUT2D eigenvalue weighted by molar-refractivity contribution is -0.0623. The molecule has 2 saturated heterocycles. The Morgan fingerprint density at radius 2 is 1.80 bits per heavy atom. The molecule has 0 radical (unpaired) electrons. The molecule has 3 heterocycles. The van der Waals surface area contributed by atoms with Crippen LogP contribution >= 0.6 is 0 Å². The van der Waals surface area contributed by atoms with Gasteiger partial charge >= 0.3 is 0 Å². The molecule has 0 amide bonds. The quantitative estimate of drug-likeness (QED) is 0.694. The Kier molecular flexibility index (Phi) is 2.78. The van der Waals surface area contributed by atoms with E-state index in [4.69, 9.17) is 9.73 Å². The molecule has 25 heavy (non-hydrogen) atoms. The van der Waals surface area contributed by atoms with Crippen LogP contribution in [-0.4, -0.2) is 29.9 Å². The first kappa shape index (κ1) is 14.3. The van der Waals surface area contributed by atoms with Gasteiger partial charge in [0.2, 0.25) is 5.72 Å². The molecule has 0 aromatic heterocycles. The van der Waals surface area contributed by atoms with Crippen molar-refractivity contribution in [3.05, 3.63) is 36.4 Å². The summed E-state index contributed by atoms with van der Waals surface area (Å²) in [7, 11) is 2.27. The summed E-state index contributed by atoms with van der Waals surface area (Å²) in [5.74, 6) is 3.30. The number of benzene rings is 2. The minimum absolute atomic E-state index is 0.343. The van der Waals surface area contributed by atoms with E-state index >= 15 is 0 Å². The Hall–Kier alpha value is -1.87. The Morgan fingerprint density at radius 3 is 2.64 bits per heavy atom. The molecule has 3 unspecified atom stereocenters. The van der Waals surface area contributed by atoms with Crippen LogP contribution in [0.5, 0.6) is 5.75 Å². The topological polar surface area (TPSA) is 24.8 Å². The summed E-state index contributed by atoms with van der Waals surface area (Å²) in [4.78, 5) is 7.53. The number of nitrogens with zero attached hydrogens (tertiary/aromatic N) is 2. The molecule has 2 aliphatic carbocycles. The van der Waals surface area contributed by atoms with Gasteiger partial charge in [-0.15, -0.1) is 0 Å². The van der Waals surface area contributed by atoms with E-state index in [0.717, 1.165) is 23.3 Å². The van der Waals surface area contributed by atoms with Crippen LogP contribution in [0.4, 0.5) is 5.69 Å². The van der Waals surface area contributed by atoms with Gasteiger partial charge in [-0.3, -0.25) is 9.89 Å². The average Bonchev–Trinajstić information content (AvgIpc) is 2.76. The molecule has 7 rings (SSSR count). The normalized spacial score (nSPS) is 38.8. The van der Waals surface area contributed by atoms with Crippen LogP contribution in [-0.2, 0) is 0 Å². The second-order valence-corrected chi connectivity index (χ2v) is 8.62. The smallest absolute Gasteiger partial charge is 0.202 e. The second kappa shape index (κ2) is 4.85. The molecule has 4 bridgehead atoms. The minimum Gasteiger partial charge on any atom is -0.465 e. The zero-order chi connectivity index (χ0) is 16.6. The molecule has 2 saturated carbocycles. The standard InChI is InChI=1S/C22H24N2O/c1-24-18-11-14-8-15(12-18)10-17(9-14)22(24)13-23-21-19-5-3-2-4-16(19)6-7-20(21)25-22/h2-7,13-15,17-18H,8-12H2,1H3. The first-order chi connectivity index (χ1) is 12.2. The van der Waals surface area contributed by atoms with E-state index < -0.39 is 0 Å². The summed E-state index contributed by atoms with van der Waals surface area (Å²) >= 11 is 0. The van der Waals surface area contributed by atoms with E-state index in [1.165, 1.54) is 42.9 Å². The molecule has 3 heteroatoms. The number of hydrogen-bond donors (Lipinski definition) is 0. The molecule has 3 nitrogen and oxygen atoms in total. The zero-order valence-corrected chi connectivity index (χ0v) is 14.7. The molecule has 2 aromatic rings. The SMILES string of the molecule is CN1C2CC3CC(C2)CC(C3)C12C=Nc1c(ccc3ccccc13)O2. The molecule has 4 fully saturated rings. The van der Waals surface area contributed by atoms with Crippen LogP contribution in [0.15, 0.2) is 41.4 Å². The number of rotatable bonds is 0. The van der Waals surface area contributed by atoms with Gasteiger partial charge in [-0.25, -0.2) is 0 Å². The van der Waals surface area contributed by atoms with Crippen molar-refractivity contribution in [1.29, 1.82) is 0 Å². The first-order valence-electron chi connectivity index (χ1n) is 9.72. The van der Waals surface area contributed by atoms with Crippen LogP contribution in [0.3, 0.4) is 0 Å². The van der Waals surface area contributed by atoms with E-state index in [0.29, 0.717) is 12.0 Å². The van der Waals surface area contributed by atoms with Gasteiger partial charge in [-0.2, -0.15) is 0 Å². The Balaban J connectivity index is 1.50. The van der Waals surface area contributed by atoms with Crippen molar-refractivity contribution in [2.45, 2.75) is 43.9 Å². The number of fused-ring (bicyclic) bond motifs is 3. The number of aliphatic imine (C=N–C) groups is 1. The monoisotopic (exact) mass is 332 g/mol. The van der Waals surface area contributed by atoms with Gasteiger partial charge < -0.3 is 4.74 Å². The van der Waals surface area contributed by atoms with Crippen LogP contribution in [0.25, 0.3) is 10.8 Å². The van der Waals surface area contributed by atoms with Gasteiger partial charge in [0.1, 0.15) is 11.4 Å². The van der Waals surface area contributed by atoms with Gasteiger partial charge in [0, 0.05) is 17.3 Å². The molecule has 3 atom stereocenters. The van der Waals surface area contributed by atoms with E-state index in [9.17, 15) is 0 Å². The van der Waals surface area contributed by atoms with Crippen LogP contribution in [0.2, 0.25) is 0 Å². The van der Waals surface area contributed by atoms with Crippen LogP contribution < -0.4 is 4.74 Å². The summed E-state index contributed by atoms with van der Waals surface area (Å²) in [6.07, 6.45) is 8.86. The van der Waals surface area contributed by atoms with Gasteiger partial charge in [0.05, 0.1) is 6.21 Å². The van der Waals surface area contributed by atoms with Crippen molar-refractivity contribution < 1.29 is 4.74 Å². The minimum atomic E-state index is -0.343. The third kappa shape index (κ3) is 1.88. The lowest BCUT2D eigenvalue weighted by atomic mass is 9.67. The van der Waals surface area contributed by atoms with E-state index in [1.54, 1.807) is 0 Å². The molecule has 1 spiro atoms. The highest BCUT2D eigenvalue weighted by molar-refractivity contribution is 5.98. The van der Waals surface area contributed by atoms with Gasteiger partial charge in [0.25, 0.3) is 0 Å². The van der Waals surface area contributed by atoms with Crippen LogP contribution in [0, 0.1) is 17.8 Å². The highest BCUT2D eigenvalue weighted by Crippen LogP contribution is 2.55. The van der Waals surface area contributed by atoms with Crippen molar-refractivity contribution in [3.63, 3.8) is 0 Å². The number of ether oxygens (including phenoxy) is 1. The Morgan fingerprint density at radius 1 is 1.00 bits per heavy atom. The lowest BCUT2D eigenvalue weighted by Gasteiger charge is -2.45. The molecule has 128 valence electrons. The molecule has 3 aliphatic heterocycles. The Labute approximate surface area is 148 Å². The molecule has 2 aromatic carbocycles. The van der Waals surface area contributed by atoms with Crippen molar-refractivity contribution in [2.24, 2.45) is 22.7 Å². The highest BCUT2D eigenvalue weighted by Gasteiger charge is 2.56. The highest BCUT2D eigenvalue weighted by atomic mass is 16.5. The average molecular weight is 332 g/mol. The van der Waals surface area contributed by atoms with Gasteiger partial charge in [0.15, 0.2) is 0 Å². The predicted molar refractivity (Wildman–Crippen MR) is 101 cm³/mol. The van der Waals surface area contributed by atoms with Crippen LogP contribution in [0.1, 0.15) is 32.1 Å². The molecule has 0 N–H and O–H groups in total. The maximum atomic E-state index is 6.82. The fourth-order valence-electron chi connectivity index (χ4n) is 6.20. The summed E-state index contributed by atoms with van der Waals surface area (Å²) in [5.41, 5.74) is 0.658. The third-order valence-electron chi connectivity index (χ3n) is 7.31. The summed E-state index contributed by atoms with van der Waals surface area (Å²) in [6, 6.07) is 13.4. The largest absolute Gasteiger partial charge is 0.465 e. The van der Waals surface area contributed by atoms with Crippen molar-refractivity contribution in [1.82, 2.24) is 4.90 Å². The van der Waals surface area contributed by atoms with E-state index in [2.05, 4.69) is 54.6 Å².